The fourth-order valence-corrected chi connectivity index (χ4v) is 5.01. The third-order valence-corrected chi connectivity index (χ3v) is 6.59. The molecule has 1 fully saturated rings. The van der Waals surface area contributed by atoms with E-state index in [0.717, 1.165) is 49.5 Å². The van der Waals surface area contributed by atoms with Crippen LogP contribution in [0.25, 0.3) is 5.57 Å². The summed E-state index contributed by atoms with van der Waals surface area (Å²) in [6, 6.07) is 10.2. The van der Waals surface area contributed by atoms with Crippen molar-refractivity contribution in [2.45, 2.75) is 19.4 Å². The monoisotopic (exact) mass is 435 g/mol. The van der Waals surface area contributed by atoms with Gasteiger partial charge in [0.1, 0.15) is 11.6 Å². The summed E-state index contributed by atoms with van der Waals surface area (Å²) >= 11 is 0. The Morgan fingerprint density at radius 3 is 2.31 bits per heavy atom. The van der Waals surface area contributed by atoms with Gasteiger partial charge in [-0.3, -0.25) is 19.4 Å². The minimum atomic E-state index is -0.592. The summed E-state index contributed by atoms with van der Waals surface area (Å²) in [7, 11) is 1.57. The molecular formula is C25H26FN3O3. The van der Waals surface area contributed by atoms with Crippen LogP contribution < -0.4 is 14.5 Å². The number of Topliss-reactive ketones (excluding diaryl/α,β-unsaturated/α-hetero) is 1. The highest BCUT2D eigenvalue weighted by Crippen LogP contribution is 2.47. The summed E-state index contributed by atoms with van der Waals surface area (Å²) in [6.45, 7) is 8.07. The van der Waals surface area contributed by atoms with E-state index in [-0.39, 0.29) is 5.82 Å². The van der Waals surface area contributed by atoms with Crippen molar-refractivity contribution in [1.29, 1.82) is 0 Å². The molecule has 0 unspecified atom stereocenters. The molecule has 5 rings (SSSR count). The van der Waals surface area contributed by atoms with Crippen LogP contribution in [0.4, 0.5) is 15.8 Å². The Labute approximate surface area is 186 Å². The molecule has 32 heavy (non-hydrogen) atoms. The second-order valence-corrected chi connectivity index (χ2v) is 9.10. The Hall–Kier alpha value is -3.19. The lowest BCUT2D eigenvalue weighted by Gasteiger charge is -2.41. The van der Waals surface area contributed by atoms with Crippen LogP contribution in [0, 0.1) is 5.82 Å². The van der Waals surface area contributed by atoms with Gasteiger partial charge >= 0.3 is 0 Å². The van der Waals surface area contributed by atoms with Gasteiger partial charge < -0.3 is 9.64 Å². The molecule has 166 valence electrons. The molecule has 6 nitrogen and oxygen atoms in total. The maximum Gasteiger partial charge on any atom is 0.300 e. The standard InChI is InChI=1S/C25H26FN3O3/c1-25(2)14-16(15-27-8-10-28(11-9-27)18-6-4-17(26)5-7-18)20-12-19(32-3)13-21-22(20)29(25)24(31)23(21)30/h4-7,12-14H,8-11,15H2,1-3H3. The van der Waals surface area contributed by atoms with Crippen molar-refractivity contribution in [2.75, 3.05) is 49.6 Å². The van der Waals surface area contributed by atoms with E-state index in [1.165, 1.54) is 12.1 Å². The van der Waals surface area contributed by atoms with Crippen LogP contribution in [0.15, 0.2) is 42.5 Å². The van der Waals surface area contributed by atoms with Crippen molar-refractivity contribution in [2.24, 2.45) is 0 Å². The number of anilines is 2. The first kappa shape index (κ1) is 20.7. The molecule has 0 aromatic heterocycles. The van der Waals surface area contributed by atoms with Crippen molar-refractivity contribution in [1.82, 2.24) is 4.90 Å². The molecular weight excluding hydrogens is 409 g/mol. The van der Waals surface area contributed by atoms with Crippen molar-refractivity contribution in [3.05, 3.63) is 59.4 Å². The lowest BCUT2D eigenvalue weighted by Crippen LogP contribution is -2.49. The number of hydrogen-bond acceptors (Lipinski definition) is 5. The topological polar surface area (TPSA) is 53.1 Å². The number of methoxy groups -OCH3 is 1. The molecule has 0 saturated carbocycles. The van der Waals surface area contributed by atoms with Gasteiger partial charge in [0.25, 0.3) is 11.7 Å². The Balaban J connectivity index is 1.41. The molecule has 1 amide bonds. The molecule has 0 atom stereocenters. The predicted octanol–water partition coefficient (Wildman–Crippen LogP) is 3.36. The summed E-state index contributed by atoms with van der Waals surface area (Å²) in [5, 5.41) is 0. The Kier molecular flexibility index (Phi) is 4.82. The van der Waals surface area contributed by atoms with Gasteiger partial charge in [0.2, 0.25) is 0 Å². The normalized spacial score (nSPS) is 19.8. The van der Waals surface area contributed by atoms with E-state index in [4.69, 9.17) is 4.74 Å². The van der Waals surface area contributed by atoms with Crippen molar-refractivity contribution in [3.8, 4) is 5.75 Å². The van der Waals surface area contributed by atoms with Gasteiger partial charge in [-0.25, -0.2) is 4.39 Å². The SMILES string of the molecule is COc1cc2c3c(c1)C(CN1CCN(c4ccc(F)cc4)CC1)=CC(C)(C)N3C(=O)C2=O. The van der Waals surface area contributed by atoms with Crippen molar-refractivity contribution >= 4 is 28.6 Å². The van der Waals surface area contributed by atoms with E-state index in [2.05, 4.69) is 15.9 Å². The first-order valence-corrected chi connectivity index (χ1v) is 10.8. The first-order valence-electron chi connectivity index (χ1n) is 10.8. The molecule has 0 spiro atoms. The summed E-state index contributed by atoms with van der Waals surface area (Å²) in [6.07, 6.45) is 2.10. The summed E-state index contributed by atoms with van der Waals surface area (Å²) in [4.78, 5) is 31.7. The number of rotatable bonds is 4. The third kappa shape index (κ3) is 3.28. The molecule has 3 aliphatic heterocycles. The van der Waals surface area contributed by atoms with Gasteiger partial charge in [0.15, 0.2) is 0 Å². The molecule has 0 radical (unpaired) electrons. The smallest absolute Gasteiger partial charge is 0.300 e. The number of hydrogen-bond donors (Lipinski definition) is 0. The number of piperazine rings is 1. The van der Waals surface area contributed by atoms with Crippen LogP contribution in [0.1, 0.15) is 29.8 Å². The molecule has 0 aliphatic carbocycles. The number of nitrogens with zero attached hydrogens (tertiary/aromatic N) is 3. The Bertz CT molecular complexity index is 1130. The molecule has 3 heterocycles. The maximum atomic E-state index is 13.2. The highest BCUT2D eigenvalue weighted by atomic mass is 19.1. The molecule has 7 heteroatoms. The fraction of sp³-hybridized carbons (Fsp3) is 0.360. The lowest BCUT2D eigenvalue weighted by atomic mass is 9.87. The molecule has 3 aliphatic rings. The fourth-order valence-electron chi connectivity index (χ4n) is 5.01. The van der Waals surface area contributed by atoms with Gasteiger partial charge in [-0.15, -0.1) is 0 Å². The van der Waals surface area contributed by atoms with Gasteiger partial charge in [-0.05, 0) is 55.8 Å². The van der Waals surface area contributed by atoms with Crippen LogP contribution in [-0.2, 0) is 4.79 Å². The van der Waals surface area contributed by atoms with E-state index < -0.39 is 17.2 Å². The number of carbonyl (C=O) groups excluding carboxylic acids is 2. The van der Waals surface area contributed by atoms with Crippen LogP contribution in [0.2, 0.25) is 0 Å². The number of amides is 1. The molecule has 2 aromatic carbocycles. The highest BCUT2D eigenvalue weighted by Gasteiger charge is 2.47. The lowest BCUT2D eigenvalue weighted by molar-refractivity contribution is -0.115. The second-order valence-electron chi connectivity index (χ2n) is 9.10. The number of benzene rings is 2. The van der Waals surface area contributed by atoms with Gasteiger partial charge in [0, 0.05) is 44.0 Å². The average Bonchev–Trinajstić information content (AvgIpc) is 3.04. The Morgan fingerprint density at radius 2 is 1.66 bits per heavy atom. The summed E-state index contributed by atoms with van der Waals surface area (Å²) < 4.78 is 18.7. The summed E-state index contributed by atoms with van der Waals surface area (Å²) in [5.74, 6) is -0.608. The van der Waals surface area contributed by atoms with E-state index in [0.29, 0.717) is 17.0 Å². The number of carbonyl (C=O) groups is 2. The van der Waals surface area contributed by atoms with Crippen molar-refractivity contribution < 1.29 is 18.7 Å². The number of ether oxygens (including phenoxy) is 1. The van der Waals surface area contributed by atoms with Gasteiger partial charge in [-0.2, -0.15) is 0 Å². The largest absolute Gasteiger partial charge is 0.497 e. The highest BCUT2D eigenvalue weighted by molar-refractivity contribution is 6.53. The van der Waals surface area contributed by atoms with E-state index in [1.807, 2.05) is 32.0 Å². The summed E-state index contributed by atoms with van der Waals surface area (Å²) in [5.41, 5.74) is 3.54. The zero-order valence-electron chi connectivity index (χ0n) is 18.5. The third-order valence-electron chi connectivity index (χ3n) is 6.59. The number of halogens is 1. The van der Waals surface area contributed by atoms with Gasteiger partial charge in [-0.1, -0.05) is 6.08 Å². The van der Waals surface area contributed by atoms with Crippen LogP contribution in [0.3, 0.4) is 0 Å². The number of ketones is 1. The Morgan fingerprint density at radius 1 is 1.00 bits per heavy atom. The molecule has 2 aromatic rings. The maximum absolute atomic E-state index is 13.2. The average molecular weight is 435 g/mol. The quantitative estimate of drug-likeness (QED) is 0.690. The van der Waals surface area contributed by atoms with Crippen LogP contribution >= 0.6 is 0 Å². The van der Waals surface area contributed by atoms with Crippen LogP contribution in [-0.4, -0.2) is 62.0 Å². The molecule has 1 saturated heterocycles. The first-order chi connectivity index (χ1) is 15.3. The second kappa shape index (κ2) is 7.45. The minimum Gasteiger partial charge on any atom is -0.497 e. The zero-order chi connectivity index (χ0) is 22.6. The van der Waals surface area contributed by atoms with E-state index in [1.54, 1.807) is 18.1 Å². The zero-order valence-corrected chi connectivity index (χ0v) is 18.5. The molecule has 0 N–H and O–H groups in total. The van der Waals surface area contributed by atoms with Crippen LogP contribution in [0.5, 0.6) is 5.75 Å². The van der Waals surface area contributed by atoms with Gasteiger partial charge in [0.05, 0.1) is 23.9 Å². The van der Waals surface area contributed by atoms with E-state index in [9.17, 15) is 14.0 Å². The minimum absolute atomic E-state index is 0.226. The molecule has 0 bridgehead atoms. The van der Waals surface area contributed by atoms with E-state index >= 15 is 0 Å². The van der Waals surface area contributed by atoms with Crippen molar-refractivity contribution in [3.63, 3.8) is 0 Å². The predicted molar refractivity (Wildman–Crippen MR) is 122 cm³/mol.